The maximum atomic E-state index is 6.16. The van der Waals surface area contributed by atoms with Crippen LogP contribution in [-0.2, 0) is 6.54 Å². The van der Waals surface area contributed by atoms with E-state index < -0.39 is 0 Å². The van der Waals surface area contributed by atoms with Crippen molar-refractivity contribution in [1.29, 1.82) is 0 Å². The number of rotatable bonds is 5. The SMILES string of the molecule is Clc1cccc(Nc2ccnc(NCc3ccccn3)n2)c1Cl. The van der Waals surface area contributed by atoms with Gasteiger partial charge < -0.3 is 10.6 Å². The Morgan fingerprint density at radius 3 is 2.65 bits per heavy atom. The molecule has 3 rings (SSSR count). The molecule has 0 spiro atoms. The van der Waals surface area contributed by atoms with Gasteiger partial charge in [0, 0.05) is 12.4 Å². The molecular formula is C16H13Cl2N5. The van der Waals surface area contributed by atoms with Crippen molar-refractivity contribution in [2.45, 2.75) is 6.54 Å². The highest BCUT2D eigenvalue weighted by Gasteiger charge is 2.06. The second-order valence-corrected chi connectivity index (χ2v) is 5.45. The molecule has 2 N–H and O–H groups in total. The van der Waals surface area contributed by atoms with E-state index in [2.05, 4.69) is 25.6 Å². The lowest BCUT2D eigenvalue weighted by Crippen LogP contribution is -2.06. The fourth-order valence-electron chi connectivity index (χ4n) is 1.92. The van der Waals surface area contributed by atoms with Crippen molar-refractivity contribution in [2.75, 3.05) is 10.6 Å². The molecule has 0 saturated heterocycles. The predicted octanol–water partition coefficient (Wildman–Crippen LogP) is 4.53. The Morgan fingerprint density at radius 1 is 0.913 bits per heavy atom. The molecule has 7 heteroatoms. The highest BCUT2D eigenvalue weighted by atomic mass is 35.5. The number of anilines is 3. The monoisotopic (exact) mass is 345 g/mol. The third-order valence-corrected chi connectivity index (χ3v) is 3.84. The quantitative estimate of drug-likeness (QED) is 0.710. The minimum absolute atomic E-state index is 0.454. The maximum absolute atomic E-state index is 6.16. The molecule has 2 aromatic heterocycles. The first-order valence-corrected chi connectivity index (χ1v) is 7.66. The van der Waals surface area contributed by atoms with Crippen LogP contribution in [0, 0.1) is 0 Å². The van der Waals surface area contributed by atoms with Crippen molar-refractivity contribution < 1.29 is 0 Å². The van der Waals surface area contributed by atoms with Crippen molar-refractivity contribution >= 4 is 40.7 Å². The number of hydrogen-bond donors (Lipinski definition) is 2. The maximum Gasteiger partial charge on any atom is 0.224 e. The lowest BCUT2D eigenvalue weighted by molar-refractivity contribution is 1.00. The number of benzene rings is 1. The third kappa shape index (κ3) is 4.09. The molecule has 0 unspecified atom stereocenters. The molecule has 0 fully saturated rings. The van der Waals surface area contributed by atoms with Crippen molar-refractivity contribution in [1.82, 2.24) is 15.0 Å². The van der Waals surface area contributed by atoms with Gasteiger partial charge in [0.1, 0.15) is 5.82 Å². The molecule has 0 aliphatic heterocycles. The van der Waals surface area contributed by atoms with Crippen molar-refractivity contribution in [2.24, 2.45) is 0 Å². The Morgan fingerprint density at radius 2 is 1.83 bits per heavy atom. The first-order valence-electron chi connectivity index (χ1n) is 6.90. The molecule has 0 aliphatic carbocycles. The van der Waals surface area contributed by atoms with E-state index in [4.69, 9.17) is 23.2 Å². The van der Waals surface area contributed by atoms with E-state index in [1.165, 1.54) is 0 Å². The lowest BCUT2D eigenvalue weighted by atomic mass is 10.3. The molecule has 116 valence electrons. The topological polar surface area (TPSA) is 62.7 Å². The van der Waals surface area contributed by atoms with E-state index >= 15 is 0 Å². The highest BCUT2D eigenvalue weighted by Crippen LogP contribution is 2.31. The van der Waals surface area contributed by atoms with E-state index in [0.717, 1.165) is 5.69 Å². The Hall–Kier alpha value is -2.37. The first kappa shape index (κ1) is 15.5. The number of nitrogens with zero attached hydrogens (tertiary/aromatic N) is 3. The van der Waals surface area contributed by atoms with E-state index in [1.807, 2.05) is 30.3 Å². The second kappa shape index (κ2) is 7.26. The van der Waals surface area contributed by atoms with Gasteiger partial charge in [0.25, 0.3) is 0 Å². The number of halogens is 2. The van der Waals surface area contributed by atoms with E-state index in [9.17, 15) is 0 Å². The van der Waals surface area contributed by atoms with Gasteiger partial charge in [0.15, 0.2) is 0 Å². The van der Waals surface area contributed by atoms with Crippen LogP contribution in [0.1, 0.15) is 5.69 Å². The number of nitrogens with one attached hydrogen (secondary N) is 2. The summed E-state index contributed by atoms with van der Waals surface area (Å²) < 4.78 is 0. The number of pyridine rings is 1. The summed E-state index contributed by atoms with van der Waals surface area (Å²) in [5, 5.41) is 7.20. The molecule has 1 aromatic carbocycles. The van der Waals surface area contributed by atoms with Gasteiger partial charge in [-0.3, -0.25) is 4.98 Å². The number of aromatic nitrogens is 3. The Kier molecular flexibility index (Phi) is 4.90. The average molecular weight is 346 g/mol. The van der Waals surface area contributed by atoms with Gasteiger partial charge in [0.2, 0.25) is 5.95 Å². The summed E-state index contributed by atoms with van der Waals surface area (Å²) in [6.07, 6.45) is 3.41. The van der Waals surface area contributed by atoms with Gasteiger partial charge >= 0.3 is 0 Å². The molecule has 0 aliphatic rings. The van der Waals surface area contributed by atoms with Crippen molar-refractivity contribution in [3.8, 4) is 0 Å². The fourth-order valence-corrected chi connectivity index (χ4v) is 2.27. The zero-order valence-corrected chi connectivity index (χ0v) is 13.5. The molecule has 0 radical (unpaired) electrons. The van der Waals surface area contributed by atoms with Crippen molar-refractivity contribution in [3.63, 3.8) is 0 Å². The van der Waals surface area contributed by atoms with Crippen LogP contribution in [-0.4, -0.2) is 15.0 Å². The highest BCUT2D eigenvalue weighted by molar-refractivity contribution is 6.43. The molecule has 2 heterocycles. The van der Waals surface area contributed by atoms with Crippen LogP contribution in [0.25, 0.3) is 0 Å². The summed E-state index contributed by atoms with van der Waals surface area (Å²) in [5.41, 5.74) is 1.60. The van der Waals surface area contributed by atoms with Gasteiger partial charge in [-0.25, -0.2) is 4.98 Å². The van der Waals surface area contributed by atoms with Crippen LogP contribution < -0.4 is 10.6 Å². The molecular weight excluding hydrogens is 333 g/mol. The zero-order valence-electron chi connectivity index (χ0n) is 12.0. The number of hydrogen-bond acceptors (Lipinski definition) is 5. The van der Waals surface area contributed by atoms with E-state index in [0.29, 0.717) is 34.0 Å². The van der Waals surface area contributed by atoms with Crippen LogP contribution in [0.2, 0.25) is 10.0 Å². The first-order chi connectivity index (χ1) is 11.2. The summed E-state index contributed by atoms with van der Waals surface area (Å²) in [7, 11) is 0. The molecule has 0 amide bonds. The molecule has 0 saturated carbocycles. The van der Waals surface area contributed by atoms with E-state index in [1.54, 1.807) is 24.5 Å². The normalized spacial score (nSPS) is 10.3. The van der Waals surface area contributed by atoms with E-state index in [-0.39, 0.29) is 0 Å². The van der Waals surface area contributed by atoms with Crippen LogP contribution in [0.4, 0.5) is 17.5 Å². The Balaban J connectivity index is 1.71. The summed E-state index contributed by atoms with van der Waals surface area (Å²) >= 11 is 12.2. The minimum Gasteiger partial charge on any atom is -0.349 e. The molecule has 0 atom stereocenters. The summed E-state index contributed by atoms with van der Waals surface area (Å²) in [6.45, 7) is 0.544. The van der Waals surface area contributed by atoms with Crippen LogP contribution in [0.3, 0.4) is 0 Å². The lowest BCUT2D eigenvalue weighted by Gasteiger charge is -2.10. The molecule has 0 bridgehead atoms. The molecule has 5 nitrogen and oxygen atoms in total. The molecule has 23 heavy (non-hydrogen) atoms. The van der Waals surface area contributed by atoms with Crippen LogP contribution >= 0.6 is 23.2 Å². The predicted molar refractivity (Wildman–Crippen MR) is 93.3 cm³/mol. The smallest absolute Gasteiger partial charge is 0.224 e. The standard InChI is InChI=1S/C16H13Cl2N5/c17-12-5-3-6-13(15(12)18)22-14-7-9-20-16(23-14)21-10-11-4-1-2-8-19-11/h1-9H,10H2,(H2,20,21,22,23). The minimum atomic E-state index is 0.454. The largest absolute Gasteiger partial charge is 0.349 e. The summed E-state index contributed by atoms with van der Waals surface area (Å²) in [6, 6.07) is 12.9. The molecule has 3 aromatic rings. The van der Waals surface area contributed by atoms with Gasteiger partial charge in [0.05, 0.1) is 28.0 Å². The Bertz CT molecular complexity index is 795. The summed E-state index contributed by atoms with van der Waals surface area (Å²) in [5.74, 6) is 1.12. The van der Waals surface area contributed by atoms with Crippen molar-refractivity contribution in [3.05, 3.63) is 70.6 Å². The average Bonchev–Trinajstić information content (AvgIpc) is 2.59. The second-order valence-electron chi connectivity index (χ2n) is 4.67. The summed E-state index contributed by atoms with van der Waals surface area (Å²) in [4.78, 5) is 12.8. The fraction of sp³-hybridized carbons (Fsp3) is 0.0625. The Labute approximate surface area is 143 Å². The van der Waals surface area contributed by atoms with Gasteiger partial charge in [-0.05, 0) is 30.3 Å². The van der Waals surface area contributed by atoms with Gasteiger partial charge in [-0.1, -0.05) is 35.3 Å². The van der Waals surface area contributed by atoms with Gasteiger partial charge in [-0.2, -0.15) is 4.98 Å². The zero-order chi connectivity index (χ0) is 16.1. The van der Waals surface area contributed by atoms with Crippen LogP contribution in [0.15, 0.2) is 54.9 Å². The van der Waals surface area contributed by atoms with Gasteiger partial charge in [-0.15, -0.1) is 0 Å². The third-order valence-electron chi connectivity index (χ3n) is 3.02. The van der Waals surface area contributed by atoms with Crippen LogP contribution in [0.5, 0.6) is 0 Å².